The molecule has 1 aromatic carbocycles. The number of hydrogen-bond acceptors (Lipinski definition) is 4. The first-order valence-electron chi connectivity index (χ1n) is 8.56. The van der Waals surface area contributed by atoms with Crippen molar-refractivity contribution in [2.24, 2.45) is 0 Å². The van der Waals surface area contributed by atoms with E-state index in [-0.39, 0.29) is 18.0 Å². The van der Waals surface area contributed by atoms with Gasteiger partial charge in [-0.05, 0) is 50.8 Å². The number of methoxy groups -OCH3 is 1. The standard InChI is InChI=1S/C20H27NO4/c1-14(18(22)24-5)15-6-8-16(9-7-15)17-10-12-21(13-11-17)19(23)25-20(2,3)4/h6-10,14H,11-13H2,1-5H3. The molecule has 5 nitrogen and oxygen atoms in total. The third kappa shape index (κ3) is 5.08. The van der Waals surface area contributed by atoms with E-state index in [1.54, 1.807) is 4.90 Å². The van der Waals surface area contributed by atoms with Crippen molar-refractivity contribution < 1.29 is 19.1 Å². The molecule has 1 amide bonds. The zero-order valence-corrected chi connectivity index (χ0v) is 15.7. The van der Waals surface area contributed by atoms with Gasteiger partial charge in [-0.15, -0.1) is 0 Å². The maximum Gasteiger partial charge on any atom is 0.410 e. The summed E-state index contributed by atoms with van der Waals surface area (Å²) in [5, 5.41) is 0. The number of carbonyl (C=O) groups is 2. The Morgan fingerprint density at radius 2 is 1.80 bits per heavy atom. The molecule has 1 heterocycles. The fourth-order valence-corrected chi connectivity index (χ4v) is 2.72. The zero-order valence-electron chi connectivity index (χ0n) is 15.7. The number of ether oxygens (including phenoxy) is 2. The van der Waals surface area contributed by atoms with E-state index in [1.165, 1.54) is 12.7 Å². The highest BCUT2D eigenvalue weighted by molar-refractivity contribution is 5.78. The minimum Gasteiger partial charge on any atom is -0.469 e. The molecule has 0 saturated carbocycles. The second kappa shape index (κ2) is 7.72. The molecule has 25 heavy (non-hydrogen) atoms. The van der Waals surface area contributed by atoms with Gasteiger partial charge < -0.3 is 14.4 Å². The van der Waals surface area contributed by atoms with Crippen LogP contribution >= 0.6 is 0 Å². The maximum absolute atomic E-state index is 12.1. The Morgan fingerprint density at radius 1 is 1.16 bits per heavy atom. The molecule has 0 aromatic heterocycles. The van der Waals surface area contributed by atoms with Gasteiger partial charge in [0.15, 0.2) is 0 Å². The van der Waals surface area contributed by atoms with Crippen molar-refractivity contribution in [1.29, 1.82) is 0 Å². The van der Waals surface area contributed by atoms with Crippen LogP contribution in [0.25, 0.3) is 5.57 Å². The number of rotatable bonds is 3. The molecule has 1 aliphatic rings. The molecule has 0 N–H and O–H groups in total. The number of esters is 1. The topological polar surface area (TPSA) is 55.8 Å². The third-order valence-electron chi connectivity index (χ3n) is 4.20. The summed E-state index contributed by atoms with van der Waals surface area (Å²) in [7, 11) is 1.40. The van der Waals surface area contributed by atoms with Crippen LogP contribution in [0, 0.1) is 0 Å². The van der Waals surface area contributed by atoms with E-state index in [9.17, 15) is 9.59 Å². The maximum atomic E-state index is 12.1. The minimum absolute atomic E-state index is 0.238. The van der Waals surface area contributed by atoms with Crippen LogP contribution in [-0.2, 0) is 14.3 Å². The lowest BCUT2D eigenvalue weighted by Gasteiger charge is -2.29. The van der Waals surface area contributed by atoms with Gasteiger partial charge in [-0.2, -0.15) is 0 Å². The Bertz CT molecular complexity index is 655. The van der Waals surface area contributed by atoms with Crippen molar-refractivity contribution in [3.05, 3.63) is 41.5 Å². The molecule has 0 fully saturated rings. The lowest BCUT2D eigenvalue weighted by atomic mass is 9.95. The molecule has 1 atom stereocenters. The fourth-order valence-electron chi connectivity index (χ4n) is 2.72. The predicted molar refractivity (Wildman–Crippen MR) is 97.3 cm³/mol. The highest BCUT2D eigenvalue weighted by Crippen LogP contribution is 2.25. The van der Waals surface area contributed by atoms with Crippen molar-refractivity contribution >= 4 is 17.6 Å². The number of nitrogens with zero attached hydrogens (tertiary/aromatic N) is 1. The van der Waals surface area contributed by atoms with E-state index in [0.29, 0.717) is 13.1 Å². The first-order valence-corrected chi connectivity index (χ1v) is 8.56. The van der Waals surface area contributed by atoms with Gasteiger partial charge in [0.05, 0.1) is 13.0 Å². The molecular weight excluding hydrogens is 318 g/mol. The Labute approximate surface area is 149 Å². The summed E-state index contributed by atoms with van der Waals surface area (Å²) in [5.74, 6) is -0.514. The minimum atomic E-state index is -0.479. The second-order valence-corrected chi connectivity index (χ2v) is 7.27. The summed E-state index contributed by atoms with van der Waals surface area (Å²) in [6.07, 6.45) is 2.57. The first kappa shape index (κ1) is 19.0. The summed E-state index contributed by atoms with van der Waals surface area (Å²) in [6.45, 7) is 8.62. The van der Waals surface area contributed by atoms with Crippen LogP contribution in [0.3, 0.4) is 0 Å². The summed E-state index contributed by atoms with van der Waals surface area (Å²) in [6, 6.07) is 7.95. The van der Waals surface area contributed by atoms with Crippen LogP contribution in [0.2, 0.25) is 0 Å². The predicted octanol–water partition coefficient (Wildman–Crippen LogP) is 3.99. The molecule has 1 aromatic rings. The molecule has 0 saturated heterocycles. The van der Waals surface area contributed by atoms with Crippen molar-refractivity contribution in [3.63, 3.8) is 0 Å². The van der Waals surface area contributed by atoms with E-state index in [0.717, 1.165) is 17.5 Å². The van der Waals surface area contributed by atoms with Crippen LogP contribution < -0.4 is 0 Å². The SMILES string of the molecule is COC(=O)C(C)c1ccc(C2=CCN(C(=O)OC(C)(C)C)CC2)cc1. The largest absolute Gasteiger partial charge is 0.469 e. The van der Waals surface area contributed by atoms with Crippen LogP contribution in [0.15, 0.2) is 30.3 Å². The normalized spacial score (nSPS) is 16.0. The summed E-state index contributed by atoms with van der Waals surface area (Å²) >= 11 is 0. The molecule has 1 unspecified atom stereocenters. The Balaban J connectivity index is 2.02. The molecular formula is C20H27NO4. The summed E-state index contributed by atoms with van der Waals surface area (Å²) < 4.78 is 10.2. The van der Waals surface area contributed by atoms with Crippen molar-refractivity contribution in [3.8, 4) is 0 Å². The van der Waals surface area contributed by atoms with Gasteiger partial charge in [-0.25, -0.2) is 4.79 Å². The smallest absolute Gasteiger partial charge is 0.410 e. The zero-order chi connectivity index (χ0) is 18.6. The van der Waals surface area contributed by atoms with E-state index in [2.05, 4.69) is 6.08 Å². The molecule has 5 heteroatoms. The van der Waals surface area contributed by atoms with Crippen LogP contribution in [-0.4, -0.2) is 42.8 Å². The van der Waals surface area contributed by atoms with Crippen LogP contribution in [0.1, 0.15) is 51.2 Å². The van der Waals surface area contributed by atoms with Crippen molar-refractivity contribution in [2.45, 2.75) is 45.6 Å². The molecule has 2 rings (SSSR count). The molecule has 1 aliphatic heterocycles. The molecule has 0 aliphatic carbocycles. The van der Waals surface area contributed by atoms with Gasteiger partial charge in [-0.3, -0.25) is 4.79 Å². The van der Waals surface area contributed by atoms with E-state index in [4.69, 9.17) is 9.47 Å². The average molecular weight is 345 g/mol. The van der Waals surface area contributed by atoms with Gasteiger partial charge in [-0.1, -0.05) is 30.3 Å². The lowest BCUT2D eigenvalue weighted by Crippen LogP contribution is -2.39. The van der Waals surface area contributed by atoms with Gasteiger partial charge in [0.2, 0.25) is 0 Å². The number of benzene rings is 1. The number of carbonyl (C=O) groups excluding carboxylic acids is 2. The first-order chi connectivity index (χ1) is 11.7. The third-order valence-corrected chi connectivity index (χ3v) is 4.20. The van der Waals surface area contributed by atoms with E-state index >= 15 is 0 Å². The van der Waals surface area contributed by atoms with E-state index < -0.39 is 5.60 Å². The average Bonchev–Trinajstić information content (AvgIpc) is 2.59. The van der Waals surface area contributed by atoms with E-state index in [1.807, 2.05) is 52.0 Å². The van der Waals surface area contributed by atoms with Gasteiger partial charge in [0, 0.05) is 13.1 Å². The van der Waals surface area contributed by atoms with Crippen molar-refractivity contribution in [1.82, 2.24) is 4.90 Å². The second-order valence-electron chi connectivity index (χ2n) is 7.27. The number of hydrogen-bond donors (Lipinski definition) is 0. The molecule has 0 bridgehead atoms. The molecule has 136 valence electrons. The van der Waals surface area contributed by atoms with Gasteiger partial charge >= 0.3 is 12.1 Å². The highest BCUT2D eigenvalue weighted by Gasteiger charge is 2.24. The van der Waals surface area contributed by atoms with Crippen molar-refractivity contribution in [2.75, 3.05) is 20.2 Å². The molecule has 0 spiro atoms. The monoisotopic (exact) mass is 345 g/mol. The highest BCUT2D eigenvalue weighted by atomic mass is 16.6. The summed E-state index contributed by atoms with van der Waals surface area (Å²) in [4.78, 5) is 25.4. The Morgan fingerprint density at radius 3 is 2.28 bits per heavy atom. The van der Waals surface area contributed by atoms with Gasteiger partial charge in [0.1, 0.15) is 5.60 Å². The summed E-state index contributed by atoms with van der Waals surface area (Å²) in [5.41, 5.74) is 2.77. The molecule has 0 radical (unpaired) electrons. The fraction of sp³-hybridized carbons (Fsp3) is 0.500. The van der Waals surface area contributed by atoms with Gasteiger partial charge in [0.25, 0.3) is 0 Å². The van der Waals surface area contributed by atoms with Crippen LogP contribution in [0.5, 0.6) is 0 Å². The Kier molecular flexibility index (Phi) is 5.88. The quantitative estimate of drug-likeness (QED) is 0.777. The Hall–Kier alpha value is -2.30. The lowest BCUT2D eigenvalue weighted by molar-refractivity contribution is -0.141. The number of amides is 1. The van der Waals surface area contributed by atoms with Crippen LogP contribution in [0.4, 0.5) is 4.79 Å².